The van der Waals surface area contributed by atoms with Gasteiger partial charge in [0.2, 0.25) is 0 Å². The van der Waals surface area contributed by atoms with Crippen molar-refractivity contribution in [1.82, 2.24) is 0 Å². The highest BCUT2D eigenvalue weighted by atomic mass is 16.5. The molecule has 2 aromatic rings. The summed E-state index contributed by atoms with van der Waals surface area (Å²) >= 11 is 0. The van der Waals surface area contributed by atoms with E-state index in [-0.39, 0.29) is 4.65 Å². The molecule has 0 N–H and O–H groups in total. The van der Waals surface area contributed by atoms with Crippen LogP contribution in [-0.2, 0) is 12.8 Å². The Balaban J connectivity index is 1.97. The third kappa shape index (κ3) is 3.74. The maximum absolute atomic E-state index is 12.0. The molecular weight excluding hydrogens is 284 g/mol. The van der Waals surface area contributed by atoms with Gasteiger partial charge in [-0.25, -0.2) is 0 Å². The smallest absolute Gasteiger partial charge is 0.0823 e. The third-order valence-electron chi connectivity index (χ3n) is 4.47. The number of quaternary nitrogens is 1. The minimum atomic E-state index is -0.238. The van der Waals surface area contributed by atoms with E-state index >= 15 is 0 Å². The van der Waals surface area contributed by atoms with Crippen molar-refractivity contribution in [3.63, 3.8) is 0 Å². The van der Waals surface area contributed by atoms with Gasteiger partial charge in [0.1, 0.15) is 0 Å². The molecule has 2 aromatic carbocycles. The van der Waals surface area contributed by atoms with Crippen LogP contribution in [0.5, 0.6) is 0 Å². The molecule has 122 valence electrons. The summed E-state index contributed by atoms with van der Waals surface area (Å²) in [7, 11) is 3.45. The monoisotopic (exact) mass is 310 g/mol. The topological polar surface area (TPSA) is 26.3 Å². The van der Waals surface area contributed by atoms with Crippen LogP contribution in [0.2, 0.25) is 0 Å². The fraction of sp³-hybridized carbons (Fsp3) is 0.400. The standard InChI is InChI=1S/C20H26N2O/c1-16(15-22(2,3)23)14-21-19-10-6-4-8-17(19)12-13-18-9-5-7-11-20(18)21/h4-11,16H,12-15H2,1-3H3. The second kappa shape index (κ2) is 6.34. The van der Waals surface area contributed by atoms with Crippen molar-refractivity contribution in [1.29, 1.82) is 0 Å². The zero-order chi connectivity index (χ0) is 16.4. The SMILES string of the molecule is CC(CN1c2ccccc2CCc2ccccc21)C[N+](C)(C)[O-]. The summed E-state index contributed by atoms with van der Waals surface area (Å²) < 4.78 is -0.238. The summed E-state index contributed by atoms with van der Waals surface area (Å²) in [5.41, 5.74) is 5.37. The van der Waals surface area contributed by atoms with Crippen molar-refractivity contribution in [2.45, 2.75) is 19.8 Å². The Morgan fingerprint density at radius 2 is 1.43 bits per heavy atom. The fourth-order valence-corrected chi connectivity index (χ4v) is 3.69. The summed E-state index contributed by atoms with van der Waals surface area (Å²) in [6.07, 6.45) is 2.14. The number of hydrogen-bond donors (Lipinski definition) is 0. The van der Waals surface area contributed by atoms with Crippen LogP contribution in [0.15, 0.2) is 48.5 Å². The molecule has 3 nitrogen and oxygen atoms in total. The van der Waals surface area contributed by atoms with Crippen LogP contribution >= 0.6 is 0 Å². The Labute approximate surface area is 139 Å². The molecule has 3 heteroatoms. The molecule has 3 rings (SSSR count). The Morgan fingerprint density at radius 1 is 0.957 bits per heavy atom. The predicted octanol–water partition coefficient (Wildman–Crippen LogP) is 4.13. The molecule has 23 heavy (non-hydrogen) atoms. The van der Waals surface area contributed by atoms with Crippen LogP contribution in [-0.4, -0.2) is 31.8 Å². The average Bonchev–Trinajstić information content (AvgIpc) is 2.64. The first-order valence-corrected chi connectivity index (χ1v) is 8.41. The predicted molar refractivity (Wildman–Crippen MR) is 96.8 cm³/mol. The fourth-order valence-electron chi connectivity index (χ4n) is 3.69. The third-order valence-corrected chi connectivity index (χ3v) is 4.47. The maximum Gasteiger partial charge on any atom is 0.0823 e. The molecule has 0 saturated carbocycles. The first-order valence-electron chi connectivity index (χ1n) is 8.41. The number of hydroxylamine groups is 3. The van der Waals surface area contributed by atoms with Gasteiger partial charge in [-0.05, 0) is 36.1 Å². The molecule has 0 fully saturated rings. The summed E-state index contributed by atoms with van der Waals surface area (Å²) in [6.45, 7) is 3.67. The molecule has 1 heterocycles. The molecule has 1 aliphatic rings. The molecular formula is C20H26N2O. The van der Waals surface area contributed by atoms with Crippen molar-refractivity contribution >= 4 is 11.4 Å². The Morgan fingerprint density at radius 3 is 1.91 bits per heavy atom. The van der Waals surface area contributed by atoms with Gasteiger partial charge >= 0.3 is 0 Å². The van der Waals surface area contributed by atoms with Crippen LogP contribution in [0.3, 0.4) is 0 Å². The molecule has 0 radical (unpaired) electrons. The van der Waals surface area contributed by atoms with Gasteiger partial charge in [0, 0.05) is 23.8 Å². The Hall–Kier alpha value is -1.84. The van der Waals surface area contributed by atoms with Crippen molar-refractivity contribution in [3.05, 3.63) is 64.9 Å². The summed E-state index contributed by atoms with van der Waals surface area (Å²) in [5.74, 6) is 0.321. The minimum Gasteiger partial charge on any atom is -0.633 e. The molecule has 0 spiro atoms. The van der Waals surface area contributed by atoms with Gasteiger partial charge in [-0.3, -0.25) is 0 Å². The Bertz CT molecular complexity index is 628. The van der Waals surface area contributed by atoms with E-state index < -0.39 is 0 Å². The zero-order valence-electron chi connectivity index (χ0n) is 14.3. The van der Waals surface area contributed by atoms with E-state index in [0.29, 0.717) is 12.5 Å². The maximum atomic E-state index is 12.0. The minimum absolute atomic E-state index is 0.238. The second-order valence-corrected chi connectivity index (χ2v) is 7.23. The van der Waals surface area contributed by atoms with Crippen molar-refractivity contribution in [3.8, 4) is 0 Å². The van der Waals surface area contributed by atoms with Gasteiger partial charge in [0.05, 0.1) is 20.6 Å². The highest BCUT2D eigenvalue weighted by molar-refractivity contribution is 5.71. The Kier molecular flexibility index (Phi) is 4.42. The van der Waals surface area contributed by atoms with Crippen molar-refractivity contribution in [2.75, 3.05) is 32.1 Å². The van der Waals surface area contributed by atoms with Crippen molar-refractivity contribution in [2.24, 2.45) is 5.92 Å². The lowest BCUT2D eigenvalue weighted by atomic mass is 10.0. The highest BCUT2D eigenvalue weighted by Gasteiger charge is 2.23. The van der Waals surface area contributed by atoms with E-state index in [1.54, 1.807) is 14.1 Å². The summed E-state index contributed by atoms with van der Waals surface area (Å²) in [5, 5.41) is 12.0. The van der Waals surface area contributed by atoms with Crippen LogP contribution in [0.25, 0.3) is 0 Å². The number of anilines is 2. The highest BCUT2D eigenvalue weighted by Crippen LogP contribution is 2.36. The van der Waals surface area contributed by atoms with E-state index in [2.05, 4.69) is 60.4 Å². The number of benzene rings is 2. The lowest BCUT2D eigenvalue weighted by molar-refractivity contribution is -0.843. The first kappa shape index (κ1) is 16.0. The van der Waals surface area contributed by atoms with Crippen LogP contribution in [0, 0.1) is 11.1 Å². The summed E-state index contributed by atoms with van der Waals surface area (Å²) in [4.78, 5) is 2.41. The molecule has 0 aromatic heterocycles. The van der Waals surface area contributed by atoms with Gasteiger partial charge in [0.25, 0.3) is 0 Å². The van der Waals surface area contributed by atoms with Gasteiger partial charge in [-0.2, -0.15) is 0 Å². The quantitative estimate of drug-likeness (QED) is 0.627. The van der Waals surface area contributed by atoms with Crippen LogP contribution < -0.4 is 4.90 Å². The summed E-state index contributed by atoms with van der Waals surface area (Å²) in [6, 6.07) is 17.3. The molecule has 0 bridgehead atoms. The number of para-hydroxylation sites is 2. The van der Waals surface area contributed by atoms with E-state index in [0.717, 1.165) is 19.4 Å². The zero-order valence-corrected chi connectivity index (χ0v) is 14.3. The van der Waals surface area contributed by atoms with E-state index in [1.807, 2.05) is 0 Å². The normalized spacial score (nSPS) is 15.6. The van der Waals surface area contributed by atoms with E-state index in [9.17, 15) is 5.21 Å². The van der Waals surface area contributed by atoms with Crippen molar-refractivity contribution < 1.29 is 4.65 Å². The van der Waals surface area contributed by atoms with Gasteiger partial charge in [-0.15, -0.1) is 0 Å². The average molecular weight is 310 g/mol. The van der Waals surface area contributed by atoms with E-state index in [4.69, 9.17) is 0 Å². The number of fused-ring (bicyclic) bond motifs is 2. The van der Waals surface area contributed by atoms with Crippen LogP contribution in [0.1, 0.15) is 18.1 Å². The molecule has 0 amide bonds. The molecule has 0 saturated heterocycles. The largest absolute Gasteiger partial charge is 0.633 e. The van der Waals surface area contributed by atoms with Gasteiger partial charge in [-0.1, -0.05) is 43.3 Å². The van der Waals surface area contributed by atoms with E-state index in [1.165, 1.54) is 22.5 Å². The number of nitrogens with zero attached hydrogens (tertiary/aromatic N) is 2. The number of rotatable bonds is 4. The lowest BCUT2D eigenvalue weighted by Gasteiger charge is -2.38. The van der Waals surface area contributed by atoms with Gasteiger partial charge in [0.15, 0.2) is 0 Å². The van der Waals surface area contributed by atoms with Gasteiger partial charge < -0.3 is 14.8 Å². The molecule has 1 unspecified atom stereocenters. The number of hydrogen-bond acceptors (Lipinski definition) is 2. The van der Waals surface area contributed by atoms with Crippen LogP contribution in [0.4, 0.5) is 11.4 Å². The molecule has 1 atom stereocenters. The number of aryl methyl sites for hydroxylation is 2. The molecule has 1 aliphatic heterocycles. The molecule has 0 aliphatic carbocycles. The lowest BCUT2D eigenvalue weighted by Crippen LogP contribution is -2.40. The first-order chi connectivity index (χ1) is 10.9. The second-order valence-electron chi connectivity index (χ2n) is 7.23.